The maximum Gasteiger partial charge on any atom is 0.319 e. The minimum Gasteiger partial charge on any atom is -0.480 e. The van der Waals surface area contributed by atoms with Crippen molar-refractivity contribution in [3.8, 4) is 11.1 Å². The number of nitrogens with zero attached hydrogens (tertiary/aromatic N) is 1. The molecule has 120 valence electrons. The molecule has 4 nitrogen and oxygen atoms in total. The Bertz CT molecular complexity index is 745. The van der Waals surface area contributed by atoms with Gasteiger partial charge in [-0.1, -0.05) is 24.4 Å². The second-order valence-corrected chi connectivity index (χ2v) is 7.43. The van der Waals surface area contributed by atoms with Gasteiger partial charge in [-0.3, -0.25) is 9.78 Å². The van der Waals surface area contributed by atoms with E-state index in [0.29, 0.717) is 0 Å². The lowest BCUT2D eigenvalue weighted by molar-refractivity contribution is -0.138. The minimum absolute atomic E-state index is 0.836. The minimum atomic E-state index is -0.935. The van der Waals surface area contributed by atoms with Gasteiger partial charge < -0.3 is 10.4 Å². The SMILES string of the molecule is Cc1c(NC=S)cccc1-c1ccncc1SC(C)(C)C(=O)O. The molecule has 0 saturated heterocycles. The highest BCUT2D eigenvalue weighted by molar-refractivity contribution is 8.01. The van der Waals surface area contributed by atoms with Gasteiger partial charge in [0.05, 0.1) is 5.49 Å². The smallest absolute Gasteiger partial charge is 0.319 e. The van der Waals surface area contributed by atoms with Crippen LogP contribution in [0.2, 0.25) is 0 Å². The molecular weight excluding hydrogens is 328 g/mol. The average molecular weight is 346 g/mol. The Morgan fingerprint density at radius 3 is 2.74 bits per heavy atom. The fourth-order valence-electron chi connectivity index (χ4n) is 2.15. The van der Waals surface area contributed by atoms with E-state index in [2.05, 4.69) is 10.3 Å². The maximum absolute atomic E-state index is 11.4. The van der Waals surface area contributed by atoms with E-state index < -0.39 is 10.7 Å². The fraction of sp³-hybridized carbons (Fsp3) is 0.235. The van der Waals surface area contributed by atoms with E-state index in [1.807, 2.05) is 31.2 Å². The summed E-state index contributed by atoms with van der Waals surface area (Å²) in [5.74, 6) is -0.856. The molecule has 0 unspecified atom stereocenters. The Labute approximate surface area is 145 Å². The van der Waals surface area contributed by atoms with Crippen molar-refractivity contribution in [2.75, 3.05) is 5.32 Å². The number of benzene rings is 1. The van der Waals surface area contributed by atoms with Crippen molar-refractivity contribution in [3.63, 3.8) is 0 Å². The number of hydrogen-bond acceptors (Lipinski definition) is 4. The van der Waals surface area contributed by atoms with Crippen molar-refractivity contribution in [3.05, 3.63) is 42.2 Å². The average Bonchev–Trinajstić information content (AvgIpc) is 2.50. The molecule has 0 spiro atoms. The van der Waals surface area contributed by atoms with E-state index in [1.165, 1.54) is 17.3 Å². The second-order valence-electron chi connectivity index (χ2n) is 5.53. The van der Waals surface area contributed by atoms with Gasteiger partial charge in [-0.2, -0.15) is 0 Å². The van der Waals surface area contributed by atoms with Crippen LogP contribution in [0.4, 0.5) is 5.69 Å². The summed E-state index contributed by atoms with van der Waals surface area (Å²) in [6.45, 7) is 5.38. The van der Waals surface area contributed by atoms with Crippen LogP contribution >= 0.6 is 24.0 Å². The lowest BCUT2D eigenvalue weighted by Gasteiger charge is -2.21. The molecule has 23 heavy (non-hydrogen) atoms. The Morgan fingerprint density at radius 1 is 1.35 bits per heavy atom. The van der Waals surface area contributed by atoms with Crippen LogP contribution in [0, 0.1) is 6.92 Å². The standard InChI is InChI=1S/C17H18N2O2S2/c1-11-12(5-4-6-14(11)19-10-22)13-7-8-18-9-15(13)23-17(2,3)16(20)21/h4-10H,1-3H3,(H,19,22)(H,20,21). The van der Waals surface area contributed by atoms with E-state index in [0.717, 1.165) is 27.3 Å². The highest BCUT2D eigenvalue weighted by atomic mass is 32.2. The van der Waals surface area contributed by atoms with Gasteiger partial charge >= 0.3 is 5.97 Å². The van der Waals surface area contributed by atoms with Crippen molar-refractivity contribution in [2.24, 2.45) is 0 Å². The molecule has 2 aromatic rings. The number of carboxylic acids is 1. The fourth-order valence-corrected chi connectivity index (χ4v) is 3.32. The number of nitrogens with one attached hydrogen (secondary N) is 1. The lowest BCUT2D eigenvalue weighted by Crippen LogP contribution is -2.27. The summed E-state index contributed by atoms with van der Waals surface area (Å²) in [5.41, 5.74) is 5.45. The molecule has 6 heteroatoms. The van der Waals surface area contributed by atoms with Crippen LogP contribution in [0.15, 0.2) is 41.6 Å². The molecule has 0 aliphatic carbocycles. The highest BCUT2D eigenvalue weighted by Gasteiger charge is 2.29. The van der Waals surface area contributed by atoms with Gasteiger partial charge in [-0.15, -0.1) is 11.8 Å². The topological polar surface area (TPSA) is 62.2 Å². The maximum atomic E-state index is 11.4. The van der Waals surface area contributed by atoms with E-state index in [4.69, 9.17) is 12.2 Å². The first kappa shape index (κ1) is 17.4. The Morgan fingerprint density at radius 2 is 2.09 bits per heavy atom. The third-order valence-corrected chi connectivity index (χ3v) is 4.85. The first-order chi connectivity index (χ1) is 10.9. The highest BCUT2D eigenvalue weighted by Crippen LogP contribution is 2.40. The molecule has 0 radical (unpaired) electrons. The number of aromatic nitrogens is 1. The van der Waals surface area contributed by atoms with Gasteiger partial charge in [0.25, 0.3) is 0 Å². The summed E-state index contributed by atoms with van der Waals surface area (Å²) in [7, 11) is 0. The number of thioether (sulfide) groups is 1. The van der Waals surface area contributed by atoms with Gasteiger partial charge in [0.15, 0.2) is 0 Å². The molecule has 2 rings (SSSR count). The summed E-state index contributed by atoms with van der Waals surface area (Å²) in [6, 6.07) is 7.82. The molecule has 0 saturated carbocycles. The number of pyridine rings is 1. The Kier molecular flexibility index (Phi) is 5.38. The third kappa shape index (κ3) is 3.89. The summed E-state index contributed by atoms with van der Waals surface area (Å²) in [5, 5.41) is 12.4. The van der Waals surface area contributed by atoms with Crippen molar-refractivity contribution < 1.29 is 9.90 Å². The zero-order chi connectivity index (χ0) is 17.0. The summed E-state index contributed by atoms with van der Waals surface area (Å²) in [4.78, 5) is 16.4. The zero-order valence-corrected chi connectivity index (χ0v) is 14.8. The van der Waals surface area contributed by atoms with E-state index >= 15 is 0 Å². The quantitative estimate of drug-likeness (QED) is 0.598. The van der Waals surface area contributed by atoms with Crippen LogP contribution in [-0.4, -0.2) is 26.3 Å². The molecule has 0 aliphatic heterocycles. The summed E-state index contributed by atoms with van der Waals surface area (Å²) in [6.07, 6.45) is 3.43. The van der Waals surface area contributed by atoms with Crippen LogP contribution in [0.3, 0.4) is 0 Å². The molecule has 0 atom stereocenters. The molecule has 2 N–H and O–H groups in total. The molecule has 0 amide bonds. The van der Waals surface area contributed by atoms with Gasteiger partial charge in [0.2, 0.25) is 0 Å². The predicted molar refractivity (Wildman–Crippen MR) is 99.3 cm³/mol. The monoisotopic (exact) mass is 346 g/mol. The Hall–Kier alpha value is -1.92. The van der Waals surface area contributed by atoms with Gasteiger partial charge in [0.1, 0.15) is 4.75 Å². The predicted octanol–water partition coefficient (Wildman–Crippen LogP) is 4.38. The Balaban J connectivity index is 2.52. The van der Waals surface area contributed by atoms with Crippen LogP contribution in [0.1, 0.15) is 19.4 Å². The largest absolute Gasteiger partial charge is 0.480 e. The lowest BCUT2D eigenvalue weighted by atomic mass is 10.00. The third-order valence-electron chi connectivity index (χ3n) is 3.50. The van der Waals surface area contributed by atoms with Crippen molar-refractivity contribution >= 4 is 41.1 Å². The van der Waals surface area contributed by atoms with Gasteiger partial charge in [-0.25, -0.2) is 0 Å². The van der Waals surface area contributed by atoms with Crippen LogP contribution in [-0.2, 0) is 4.79 Å². The molecule has 0 fully saturated rings. The number of thiocarbonyl (C=S) groups is 1. The number of aliphatic carboxylic acids is 1. The second kappa shape index (κ2) is 7.10. The van der Waals surface area contributed by atoms with Crippen molar-refractivity contribution in [2.45, 2.75) is 30.4 Å². The summed E-state index contributed by atoms with van der Waals surface area (Å²) >= 11 is 6.16. The molecule has 0 bridgehead atoms. The molecular formula is C17H18N2O2S2. The zero-order valence-electron chi connectivity index (χ0n) is 13.2. The van der Waals surface area contributed by atoms with E-state index in [1.54, 1.807) is 26.2 Å². The number of rotatable bonds is 6. The molecule has 1 aromatic heterocycles. The van der Waals surface area contributed by atoms with Crippen LogP contribution in [0.25, 0.3) is 11.1 Å². The van der Waals surface area contributed by atoms with Gasteiger partial charge in [0, 0.05) is 23.0 Å². The number of carboxylic acid groups (broad SMARTS) is 1. The first-order valence-electron chi connectivity index (χ1n) is 7.03. The molecule has 1 heterocycles. The number of carbonyl (C=O) groups is 1. The van der Waals surface area contributed by atoms with Crippen LogP contribution in [0.5, 0.6) is 0 Å². The molecule has 0 aliphatic rings. The van der Waals surface area contributed by atoms with Gasteiger partial charge in [-0.05, 0) is 49.6 Å². The number of hydrogen-bond donors (Lipinski definition) is 2. The number of anilines is 1. The van der Waals surface area contributed by atoms with E-state index in [9.17, 15) is 9.90 Å². The van der Waals surface area contributed by atoms with Crippen LogP contribution < -0.4 is 5.32 Å². The molecule has 1 aromatic carbocycles. The van der Waals surface area contributed by atoms with Crippen molar-refractivity contribution in [1.82, 2.24) is 4.98 Å². The first-order valence-corrected chi connectivity index (χ1v) is 8.32. The normalized spacial score (nSPS) is 11.1. The van der Waals surface area contributed by atoms with E-state index in [-0.39, 0.29) is 0 Å². The van der Waals surface area contributed by atoms with Crippen molar-refractivity contribution in [1.29, 1.82) is 0 Å². The summed E-state index contributed by atoms with van der Waals surface area (Å²) < 4.78 is -0.935.